The SMILES string of the molecule is CC(C)C1CCc2c(cn(C)c2C(=O)Nc2ccnc(C(F)F)c2)S(=N)N1. The number of anilines is 1. The van der Waals surface area contributed by atoms with Crippen LogP contribution in [0.5, 0.6) is 0 Å². The highest BCUT2D eigenvalue weighted by atomic mass is 32.2. The normalized spacial score (nSPS) is 19.8. The number of nitrogens with one attached hydrogen (secondary N) is 3. The van der Waals surface area contributed by atoms with Crippen LogP contribution in [0, 0.1) is 10.7 Å². The number of rotatable bonds is 4. The van der Waals surface area contributed by atoms with Gasteiger partial charge in [-0.2, -0.15) is 0 Å². The minimum absolute atomic E-state index is 0.216. The number of hydrogen-bond donors (Lipinski definition) is 3. The number of hydrogen-bond acceptors (Lipinski definition) is 3. The van der Waals surface area contributed by atoms with Crippen molar-refractivity contribution in [1.29, 1.82) is 4.78 Å². The van der Waals surface area contributed by atoms with E-state index in [1.54, 1.807) is 11.6 Å². The standard InChI is InChI=1S/C18H23F2N5OS/c1-10(2)13-5-4-12-15(27(21)24-13)9-25(3)16(12)18(26)23-11-6-7-22-14(8-11)17(19)20/h6-10,13,17H,4-5H2,1-3H3,(H2,21,24)(H,22,23,26). The van der Waals surface area contributed by atoms with E-state index in [0.29, 0.717) is 18.0 Å². The molecule has 3 N–H and O–H groups in total. The number of halogens is 2. The summed E-state index contributed by atoms with van der Waals surface area (Å²) >= 11 is 0. The van der Waals surface area contributed by atoms with Crippen molar-refractivity contribution >= 4 is 22.5 Å². The monoisotopic (exact) mass is 395 g/mol. The van der Waals surface area contributed by atoms with Crippen molar-refractivity contribution in [3.63, 3.8) is 0 Å². The quantitative estimate of drug-likeness (QED) is 0.736. The Morgan fingerprint density at radius 1 is 1.48 bits per heavy atom. The molecule has 9 heteroatoms. The summed E-state index contributed by atoms with van der Waals surface area (Å²) in [6.45, 7) is 4.23. The molecule has 2 aromatic rings. The first-order chi connectivity index (χ1) is 12.8. The van der Waals surface area contributed by atoms with Gasteiger partial charge in [-0.3, -0.25) is 14.6 Å². The second-order valence-electron chi connectivity index (χ2n) is 6.97. The third-order valence-electron chi connectivity index (χ3n) is 4.72. The van der Waals surface area contributed by atoms with Gasteiger partial charge in [-0.15, -0.1) is 0 Å². The van der Waals surface area contributed by atoms with Crippen molar-refractivity contribution in [3.05, 3.63) is 41.5 Å². The lowest BCUT2D eigenvalue weighted by Crippen LogP contribution is -2.33. The van der Waals surface area contributed by atoms with Crippen molar-refractivity contribution in [3.8, 4) is 0 Å². The van der Waals surface area contributed by atoms with Gasteiger partial charge < -0.3 is 9.88 Å². The summed E-state index contributed by atoms with van der Waals surface area (Å²) in [5.74, 6) is 0.0233. The maximum atomic E-state index is 12.9. The van der Waals surface area contributed by atoms with Gasteiger partial charge in [0.25, 0.3) is 12.3 Å². The van der Waals surface area contributed by atoms with Crippen molar-refractivity contribution in [1.82, 2.24) is 14.3 Å². The average molecular weight is 395 g/mol. The Kier molecular flexibility index (Phi) is 5.71. The van der Waals surface area contributed by atoms with Crippen molar-refractivity contribution in [2.75, 3.05) is 5.32 Å². The van der Waals surface area contributed by atoms with Crippen molar-refractivity contribution in [2.24, 2.45) is 13.0 Å². The molecule has 0 radical (unpaired) electrons. The van der Waals surface area contributed by atoms with E-state index >= 15 is 0 Å². The molecule has 0 saturated carbocycles. The van der Waals surface area contributed by atoms with E-state index in [1.165, 1.54) is 18.3 Å². The molecule has 0 aliphatic carbocycles. The maximum absolute atomic E-state index is 12.9. The lowest BCUT2D eigenvalue weighted by molar-refractivity contribution is 0.101. The lowest BCUT2D eigenvalue weighted by Gasteiger charge is -2.20. The molecule has 0 saturated heterocycles. The van der Waals surface area contributed by atoms with Gasteiger partial charge in [-0.05, 0) is 47.3 Å². The number of aryl methyl sites for hydroxylation is 1. The first-order valence-electron chi connectivity index (χ1n) is 8.73. The van der Waals surface area contributed by atoms with Gasteiger partial charge in [0.2, 0.25) is 0 Å². The van der Waals surface area contributed by atoms with Crippen LogP contribution in [-0.2, 0) is 24.3 Å². The highest BCUT2D eigenvalue weighted by Crippen LogP contribution is 2.28. The molecule has 0 fully saturated rings. The van der Waals surface area contributed by atoms with E-state index < -0.39 is 17.3 Å². The van der Waals surface area contributed by atoms with Crippen LogP contribution < -0.4 is 10.0 Å². The van der Waals surface area contributed by atoms with Crippen LogP contribution >= 0.6 is 0 Å². The first-order valence-corrected chi connectivity index (χ1v) is 9.95. The van der Waals surface area contributed by atoms with E-state index in [0.717, 1.165) is 16.9 Å². The highest BCUT2D eigenvalue weighted by Gasteiger charge is 2.28. The van der Waals surface area contributed by atoms with Gasteiger partial charge in [0.15, 0.2) is 0 Å². The fraction of sp³-hybridized carbons (Fsp3) is 0.444. The van der Waals surface area contributed by atoms with Crippen LogP contribution in [0.1, 0.15) is 48.4 Å². The van der Waals surface area contributed by atoms with Crippen LogP contribution in [0.4, 0.5) is 14.5 Å². The Morgan fingerprint density at radius 3 is 2.89 bits per heavy atom. The Labute approximate surface area is 159 Å². The Morgan fingerprint density at radius 2 is 2.22 bits per heavy atom. The Hall–Kier alpha value is -2.13. The molecule has 2 unspecified atom stereocenters. The summed E-state index contributed by atoms with van der Waals surface area (Å²) in [6.07, 6.45) is 1.89. The van der Waals surface area contributed by atoms with E-state index in [2.05, 4.69) is 28.9 Å². The van der Waals surface area contributed by atoms with Gasteiger partial charge >= 0.3 is 0 Å². The van der Waals surface area contributed by atoms with E-state index in [9.17, 15) is 13.6 Å². The molecule has 3 heterocycles. The molecule has 1 aliphatic heterocycles. The number of carbonyl (C=O) groups excluding carboxylic acids is 1. The Balaban J connectivity index is 1.89. The minimum Gasteiger partial charge on any atom is -0.345 e. The third kappa shape index (κ3) is 4.08. The minimum atomic E-state index is -2.70. The second kappa shape index (κ2) is 7.85. The number of nitrogens with zero attached hydrogens (tertiary/aromatic N) is 2. The topological polar surface area (TPSA) is 82.8 Å². The molecule has 27 heavy (non-hydrogen) atoms. The molecule has 0 aromatic carbocycles. The molecular weight excluding hydrogens is 372 g/mol. The fourth-order valence-corrected chi connectivity index (χ4v) is 4.77. The van der Waals surface area contributed by atoms with Gasteiger partial charge in [-0.25, -0.2) is 13.5 Å². The maximum Gasteiger partial charge on any atom is 0.280 e. The van der Waals surface area contributed by atoms with E-state index in [4.69, 9.17) is 4.78 Å². The molecule has 1 amide bonds. The number of pyridine rings is 1. The number of amides is 1. The van der Waals surface area contributed by atoms with Crippen LogP contribution in [0.3, 0.4) is 0 Å². The number of carbonyl (C=O) groups is 1. The summed E-state index contributed by atoms with van der Waals surface area (Å²) in [5, 5.41) is 2.69. The average Bonchev–Trinajstić information content (AvgIpc) is 2.86. The molecular formula is C18H23F2N5OS. The molecule has 146 valence electrons. The van der Waals surface area contributed by atoms with Crippen LogP contribution in [-0.4, -0.2) is 21.5 Å². The number of aromatic nitrogens is 2. The Bertz CT molecular complexity index is 881. The van der Waals surface area contributed by atoms with E-state index in [-0.39, 0.29) is 23.3 Å². The molecule has 2 aromatic heterocycles. The van der Waals surface area contributed by atoms with Gasteiger partial charge in [-0.1, -0.05) is 13.8 Å². The molecule has 0 spiro atoms. The molecule has 2 atom stereocenters. The lowest BCUT2D eigenvalue weighted by atomic mass is 9.97. The van der Waals surface area contributed by atoms with Crippen molar-refractivity contribution in [2.45, 2.75) is 44.1 Å². The number of alkyl halides is 2. The van der Waals surface area contributed by atoms with Gasteiger partial charge in [0.1, 0.15) is 11.4 Å². The molecule has 1 aliphatic rings. The third-order valence-corrected chi connectivity index (χ3v) is 6.05. The largest absolute Gasteiger partial charge is 0.345 e. The summed E-state index contributed by atoms with van der Waals surface area (Å²) < 4.78 is 39.2. The predicted octanol–water partition coefficient (Wildman–Crippen LogP) is 3.82. The van der Waals surface area contributed by atoms with Crippen LogP contribution in [0.25, 0.3) is 0 Å². The molecule has 6 nitrogen and oxygen atoms in total. The fourth-order valence-electron chi connectivity index (χ4n) is 3.24. The smallest absolute Gasteiger partial charge is 0.280 e. The zero-order chi connectivity index (χ0) is 19.7. The van der Waals surface area contributed by atoms with Gasteiger partial charge in [0, 0.05) is 31.2 Å². The van der Waals surface area contributed by atoms with Gasteiger partial charge in [0.05, 0.1) is 4.90 Å². The highest BCUT2D eigenvalue weighted by molar-refractivity contribution is 7.84. The number of fused-ring (bicyclic) bond motifs is 1. The summed E-state index contributed by atoms with van der Waals surface area (Å²) in [7, 11) is 0.856. The van der Waals surface area contributed by atoms with Crippen LogP contribution in [0.15, 0.2) is 29.4 Å². The first kappa shape index (κ1) is 19.6. The summed E-state index contributed by atoms with van der Waals surface area (Å²) in [5.41, 5.74) is 1.22. The summed E-state index contributed by atoms with van der Waals surface area (Å²) in [6, 6.07) is 2.88. The molecule has 0 bridgehead atoms. The zero-order valence-electron chi connectivity index (χ0n) is 15.4. The zero-order valence-corrected chi connectivity index (χ0v) is 16.2. The van der Waals surface area contributed by atoms with Crippen molar-refractivity contribution < 1.29 is 13.6 Å². The molecule has 3 rings (SSSR count). The van der Waals surface area contributed by atoms with E-state index in [1.807, 2.05) is 6.20 Å². The summed E-state index contributed by atoms with van der Waals surface area (Å²) in [4.78, 5) is 17.3. The predicted molar refractivity (Wildman–Crippen MR) is 101 cm³/mol. The van der Waals surface area contributed by atoms with Crippen LogP contribution in [0.2, 0.25) is 0 Å². The second-order valence-corrected chi connectivity index (χ2v) is 8.26.